The van der Waals surface area contributed by atoms with Crippen LogP contribution in [-0.4, -0.2) is 48.7 Å². The van der Waals surface area contributed by atoms with Crippen LogP contribution in [0.2, 0.25) is 5.02 Å². The van der Waals surface area contributed by atoms with Crippen LogP contribution < -0.4 is 9.47 Å². The number of carbonyl (C=O) groups is 1. The van der Waals surface area contributed by atoms with Gasteiger partial charge in [0.2, 0.25) is 0 Å². The molecule has 2 heterocycles. The molecule has 1 aromatic rings. The van der Waals surface area contributed by atoms with E-state index in [9.17, 15) is 9.90 Å². The number of hydrogen-bond acceptors (Lipinski definition) is 6. The summed E-state index contributed by atoms with van der Waals surface area (Å²) in [7, 11) is 0. The summed E-state index contributed by atoms with van der Waals surface area (Å²) < 4.78 is 23.5. The Morgan fingerprint density at radius 1 is 1.12 bits per heavy atom. The Morgan fingerprint density at radius 2 is 1.82 bits per heavy atom. The highest BCUT2D eigenvalue weighted by Gasteiger charge is 2.39. The van der Waals surface area contributed by atoms with Gasteiger partial charge in [-0.2, -0.15) is 0 Å². The summed E-state index contributed by atoms with van der Waals surface area (Å²) in [5.74, 6) is 0.342. The molecule has 3 rings (SSSR count). The molecule has 2 aliphatic rings. The molecule has 0 spiro atoms. The number of unbranched alkanes of at least 4 members (excludes halogenated alkanes) is 2. The maximum Gasteiger partial charge on any atom is 0.342 e. The minimum atomic E-state index is -0.806. The first-order valence-corrected chi connectivity index (χ1v) is 12.6. The number of fused-ring (bicyclic) bond motifs is 2. The number of allylic oxidation sites excluding steroid dienone is 1. The second kappa shape index (κ2) is 12.6. The van der Waals surface area contributed by atoms with Gasteiger partial charge in [-0.25, -0.2) is 4.79 Å². The topological polar surface area (TPSA) is 77.5 Å². The highest BCUT2D eigenvalue weighted by molar-refractivity contribution is 6.33. The lowest BCUT2D eigenvalue weighted by atomic mass is 9.98. The third kappa shape index (κ3) is 7.36. The van der Waals surface area contributed by atoms with Gasteiger partial charge in [0.1, 0.15) is 23.2 Å². The first-order chi connectivity index (χ1) is 15.9. The van der Waals surface area contributed by atoms with Crippen LogP contribution >= 0.6 is 11.6 Å². The molecule has 0 aromatic heterocycles. The van der Waals surface area contributed by atoms with Crippen LogP contribution in [0.3, 0.4) is 0 Å². The van der Waals surface area contributed by atoms with Crippen molar-refractivity contribution in [3.05, 3.63) is 34.4 Å². The number of benzene rings is 1. The minimum absolute atomic E-state index is 0.103. The SMILES string of the molecule is CCCCOc1cc(OCCCC)c2c(c1Cl)C[C@@H](O)/C=C/CC[C@@H]1O[C@H]1C[C@@H](C)OC2=O. The zero-order chi connectivity index (χ0) is 23.8. The third-order valence-electron chi connectivity index (χ3n) is 5.96. The van der Waals surface area contributed by atoms with Gasteiger partial charge in [-0.05, 0) is 38.2 Å². The number of carbonyl (C=O) groups excluding carboxylic acids is 1. The first-order valence-electron chi connectivity index (χ1n) is 12.3. The molecule has 0 amide bonds. The van der Waals surface area contributed by atoms with Crippen molar-refractivity contribution in [2.75, 3.05) is 13.2 Å². The summed E-state index contributed by atoms with van der Waals surface area (Å²) in [6, 6.07) is 1.68. The zero-order valence-corrected chi connectivity index (χ0v) is 20.7. The lowest BCUT2D eigenvalue weighted by molar-refractivity contribution is 0.0303. The molecule has 33 heavy (non-hydrogen) atoms. The fourth-order valence-corrected chi connectivity index (χ4v) is 4.28. The number of halogens is 1. The maximum absolute atomic E-state index is 13.3. The summed E-state index contributed by atoms with van der Waals surface area (Å²) in [4.78, 5) is 13.3. The number of aliphatic hydroxyl groups is 1. The van der Waals surface area contributed by atoms with Gasteiger partial charge in [0.15, 0.2) is 0 Å². The quantitative estimate of drug-likeness (QED) is 0.224. The van der Waals surface area contributed by atoms with Crippen molar-refractivity contribution >= 4 is 17.6 Å². The molecule has 1 aromatic carbocycles. The number of cyclic esters (lactones) is 1. The van der Waals surface area contributed by atoms with E-state index in [4.69, 9.17) is 30.5 Å². The van der Waals surface area contributed by atoms with E-state index in [2.05, 4.69) is 13.8 Å². The molecule has 0 bridgehead atoms. The highest BCUT2D eigenvalue weighted by Crippen LogP contribution is 2.40. The maximum atomic E-state index is 13.3. The second-order valence-corrected chi connectivity index (χ2v) is 9.26. The molecule has 0 saturated carbocycles. The molecule has 6 nitrogen and oxygen atoms in total. The van der Waals surface area contributed by atoms with Crippen LogP contribution in [0.25, 0.3) is 0 Å². The fraction of sp³-hybridized carbons (Fsp3) is 0.654. The van der Waals surface area contributed by atoms with Crippen molar-refractivity contribution in [3.8, 4) is 11.5 Å². The number of esters is 1. The van der Waals surface area contributed by atoms with E-state index < -0.39 is 12.1 Å². The molecule has 2 aliphatic heterocycles. The monoisotopic (exact) mass is 480 g/mol. The van der Waals surface area contributed by atoms with E-state index in [0.717, 1.165) is 38.5 Å². The molecule has 1 fully saturated rings. The average molecular weight is 481 g/mol. The predicted octanol–water partition coefficient (Wildman–Crippen LogP) is 5.65. The molecule has 0 unspecified atom stereocenters. The summed E-state index contributed by atoms with van der Waals surface area (Å²) in [5.41, 5.74) is 0.757. The van der Waals surface area contributed by atoms with Crippen molar-refractivity contribution in [1.82, 2.24) is 0 Å². The highest BCUT2D eigenvalue weighted by atomic mass is 35.5. The van der Waals surface area contributed by atoms with Gasteiger partial charge in [0.05, 0.1) is 36.5 Å². The van der Waals surface area contributed by atoms with Gasteiger partial charge < -0.3 is 24.1 Å². The lowest BCUT2D eigenvalue weighted by Crippen LogP contribution is -2.21. The molecule has 1 saturated heterocycles. The molecular formula is C26H37ClO6. The minimum Gasteiger partial charge on any atom is -0.493 e. The van der Waals surface area contributed by atoms with Crippen molar-refractivity contribution in [1.29, 1.82) is 0 Å². The smallest absolute Gasteiger partial charge is 0.342 e. The number of rotatable bonds is 8. The molecule has 0 aliphatic carbocycles. The summed E-state index contributed by atoms with van der Waals surface area (Å²) in [5, 5.41) is 11.0. The van der Waals surface area contributed by atoms with Gasteiger partial charge in [0, 0.05) is 18.9 Å². The Morgan fingerprint density at radius 3 is 2.52 bits per heavy atom. The van der Waals surface area contributed by atoms with Crippen LogP contribution in [0.4, 0.5) is 0 Å². The fourth-order valence-electron chi connectivity index (χ4n) is 4.00. The molecule has 184 valence electrons. The predicted molar refractivity (Wildman–Crippen MR) is 128 cm³/mol. The Kier molecular flexibility index (Phi) is 9.90. The first kappa shape index (κ1) is 25.9. The Hall–Kier alpha value is -1.76. The molecular weight excluding hydrogens is 444 g/mol. The van der Waals surface area contributed by atoms with E-state index in [-0.39, 0.29) is 30.3 Å². The Labute approximate surface area is 202 Å². The lowest BCUT2D eigenvalue weighted by Gasteiger charge is -2.22. The average Bonchev–Trinajstić information content (AvgIpc) is 3.51. The normalized spacial score (nSPS) is 26.4. The summed E-state index contributed by atoms with van der Waals surface area (Å²) >= 11 is 6.74. The van der Waals surface area contributed by atoms with Crippen LogP contribution in [-0.2, 0) is 15.9 Å². The van der Waals surface area contributed by atoms with Crippen LogP contribution in [0, 0.1) is 0 Å². The largest absolute Gasteiger partial charge is 0.493 e. The number of hydrogen-bond donors (Lipinski definition) is 1. The zero-order valence-electron chi connectivity index (χ0n) is 20.0. The van der Waals surface area contributed by atoms with Gasteiger partial charge in [0.25, 0.3) is 0 Å². The van der Waals surface area contributed by atoms with Crippen molar-refractivity contribution in [2.45, 2.75) is 96.6 Å². The standard InChI is InChI=1S/C26H37ClO6/c1-4-6-12-30-22-16-23(31-13-7-5-2)25(27)19-15-18(28)10-8-9-11-20-21(33-20)14-17(3)32-26(29)24(19)22/h8,10,16-18,20-21,28H,4-7,9,11-15H2,1-3H3/b10-8+/t17-,18+,20+,21+/m1/s1. The van der Waals surface area contributed by atoms with E-state index in [1.54, 1.807) is 12.1 Å². The molecule has 4 atom stereocenters. The molecule has 1 N–H and O–H groups in total. The van der Waals surface area contributed by atoms with Crippen molar-refractivity contribution < 1.29 is 28.8 Å². The molecule has 0 radical (unpaired) electrons. The molecule has 7 heteroatoms. The van der Waals surface area contributed by atoms with E-state index >= 15 is 0 Å². The number of ether oxygens (including phenoxy) is 4. The Balaban J connectivity index is 2.00. The third-order valence-corrected chi connectivity index (χ3v) is 6.37. The Bertz CT molecular complexity index is 823. The van der Waals surface area contributed by atoms with Gasteiger partial charge in [-0.15, -0.1) is 0 Å². The van der Waals surface area contributed by atoms with Crippen LogP contribution in [0.5, 0.6) is 11.5 Å². The summed E-state index contributed by atoms with van der Waals surface area (Å²) in [6.07, 6.45) is 9.08. The van der Waals surface area contributed by atoms with Gasteiger partial charge >= 0.3 is 5.97 Å². The second-order valence-electron chi connectivity index (χ2n) is 8.89. The van der Waals surface area contributed by atoms with Crippen molar-refractivity contribution in [3.63, 3.8) is 0 Å². The van der Waals surface area contributed by atoms with Crippen LogP contribution in [0.1, 0.15) is 81.6 Å². The summed E-state index contributed by atoms with van der Waals surface area (Å²) in [6.45, 7) is 7.01. The van der Waals surface area contributed by atoms with E-state index in [1.165, 1.54) is 0 Å². The van der Waals surface area contributed by atoms with Gasteiger partial charge in [-0.1, -0.05) is 50.4 Å². The van der Waals surface area contributed by atoms with E-state index in [1.807, 2.05) is 13.0 Å². The van der Waals surface area contributed by atoms with E-state index in [0.29, 0.717) is 41.7 Å². The number of epoxide rings is 1. The van der Waals surface area contributed by atoms with Crippen LogP contribution in [0.15, 0.2) is 18.2 Å². The van der Waals surface area contributed by atoms with Gasteiger partial charge in [-0.3, -0.25) is 0 Å². The number of aliphatic hydroxyl groups excluding tert-OH is 1. The van der Waals surface area contributed by atoms with Crippen molar-refractivity contribution in [2.24, 2.45) is 0 Å².